The van der Waals surface area contributed by atoms with Gasteiger partial charge in [0.2, 0.25) is 0 Å². The van der Waals surface area contributed by atoms with Crippen LogP contribution in [0.2, 0.25) is 5.02 Å². The molecule has 1 aromatic heterocycles. The minimum atomic E-state index is -0.0559. The second-order valence-electron chi connectivity index (χ2n) is 4.91. The zero-order valence-corrected chi connectivity index (χ0v) is 13.2. The van der Waals surface area contributed by atoms with E-state index in [9.17, 15) is 4.79 Å². The number of fused-ring (bicyclic) bond motifs is 1. The lowest BCUT2D eigenvalue weighted by Gasteiger charge is -2.26. The number of thiophene rings is 1. The molecule has 0 aliphatic heterocycles. The van der Waals surface area contributed by atoms with E-state index in [1.165, 1.54) is 11.3 Å². The largest absolute Gasteiger partial charge is 0.396 e. The number of aliphatic hydroxyl groups excluding tert-OH is 1. The first kappa shape index (κ1) is 15.3. The fraction of sp³-hybridized carbons (Fsp3) is 0.400. The molecule has 108 valence electrons. The van der Waals surface area contributed by atoms with Crippen LogP contribution in [0, 0.1) is 0 Å². The zero-order chi connectivity index (χ0) is 14.7. The molecule has 2 rings (SSSR count). The number of carbonyl (C=O) groups excluding carboxylic acids is 1. The SMILES string of the molecule is CC(C)N(CCCO)C(=O)c1sc2ccccc2c1Cl. The molecule has 0 spiro atoms. The van der Waals surface area contributed by atoms with Crippen LogP contribution in [0.4, 0.5) is 0 Å². The fourth-order valence-corrected chi connectivity index (χ4v) is 3.59. The van der Waals surface area contributed by atoms with Crippen LogP contribution in [0.3, 0.4) is 0 Å². The number of amides is 1. The Hall–Kier alpha value is -1.10. The van der Waals surface area contributed by atoms with Crippen molar-refractivity contribution in [1.82, 2.24) is 4.90 Å². The highest BCUT2D eigenvalue weighted by atomic mass is 35.5. The average Bonchev–Trinajstić information content (AvgIpc) is 2.76. The molecule has 1 heterocycles. The number of nitrogens with zero attached hydrogens (tertiary/aromatic N) is 1. The first-order valence-electron chi connectivity index (χ1n) is 6.65. The van der Waals surface area contributed by atoms with Crippen molar-refractivity contribution in [1.29, 1.82) is 0 Å². The average molecular weight is 312 g/mol. The number of rotatable bonds is 5. The Labute approximate surface area is 127 Å². The minimum absolute atomic E-state index is 0.0559. The highest BCUT2D eigenvalue weighted by Gasteiger charge is 2.23. The van der Waals surface area contributed by atoms with Crippen LogP contribution < -0.4 is 0 Å². The number of benzene rings is 1. The summed E-state index contributed by atoms with van der Waals surface area (Å²) in [5.74, 6) is -0.0559. The molecule has 0 bridgehead atoms. The lowest BCUT2D eigenvalue weighted by Crippen LogP contribution is -2.37. The normalized spacial score (nSPS) is 11.2. The Bertz CT molecular complexity index is 609. The molecular weight excluding hydrogens is 294 g/mol. The monoisotopic (exact) mass is 311 g/mol. The number of carbonyl (C=O) groups is 1. The molecule has 20 heavy (non-hydrogen) atoms. The van der Waals surface area contributed by atoms with E-state index in [0.717, 1.165) is 10.1 Å². The zero-order valence-electron chi connectivity index (χ0n) is 11.6. The molecule has 1 amide bonds. The Morgan fingerprint density at radius 2 is 2.10 bits per heavy atom. The van der Waals surface area contributed by atoms with Crippen molar-refractivity contribution in [2.75, 3.05) is 13.2 Å². The second kappa shape index (κ2) is 6.57. The number of aliphatic hydroxyl groups is 1. The van der Waals surface area contributed by atoms with Gasteiger partial charge in [0.25, 0.3) is 5.91 Å². The van der Waals surface area contributed by atoms with Gasteiger partial charge in [-0.05, 0) is 26.3 Å². The molecule has 1 aromatic carbocycles. The molecule has 0 unspecified atom stereocenters. The van der Waals surface area contributed by atoms with E-state index in [-0.39, 0.29) is 18.6 Å². The molecule has 2 aromatic rings. The summed E-state index contributed by atoms with van der Waals surface area (Å²) in [6.07, 6.45) is 0.576. The van der Waals surface area contributed by atoms with Gasteiger partial charge in [-0.2, -0.15) is 0 Å². The van der Waals surface area contributed by atoms with Gasteiger partial charge in [-0.25, -0.2) is 0 Å². The lowest BCUT2D eigenvalue weighted by molar-refractivity contribution is 0.0698. The highest BCUT2D eigenvalue weighted by Crippen LogP contribution is 2.36. The molecule has 1 N–H and O–H groups in total. The molecular formula is C15H18ClNO2S. The molecule has 0 atom stereocenters. The Morgan fingerprint density at radius 3 is 2.70 bits per heavy atom. The van der Waals surface area contributed by atoms with E-state index in [1.54, 1.807) is 4.90 Å². The van der Waals surface area contributed by atoms with Gasteiger partial charge >= 0.3 is 0 Å². The third kappa shape index (κ3) is 2.97. The molecule has 0 saturated carbocycles. The first-order chi connectivity index (χ1) is 9.56. The van der Waals surface area contributed by atoms with Crippen molar-refractivity contribution < 1.29 is 9.90 Å². The summed E-state index contributed by atoms with van der Waals surface area (Å²) in [5.41, 5.74) is 0. The van der Waals surface area contributed by atoms with Gasteiger partial charge in [-0.3, -0.25) is 4.79 Å². The number of halogens is 1. The smallest absolute Gasteiger partial charge is 0.265 e. The van der Waals surface area contributed by atoms with Gasteiger partial charge in [0.05, 0.1) is 5.02 Å². The van der Waals surface area contributed by atoms with Gasteiger partial charge in [0.15, 0.2) is 0 Å². The van der Waals surface area contributed by atoms with Gasteiger partial charge in [-0.15, -0.1) is 11.3 Å². The predicted octanol–water partition coefficient (Wildman–Crippen LogP) is 3.79. The maximum atomic E-state index is 12.7. The van der Waals surface area contributed by atoms with Crippen molar-refractivity contribution in [2.24, 2.45) is 0 Å². The van der Waals surface area contributed by atoms with Crippen LogP contribution in [0.5, 0.6) is 0 Å². The third-order valence-corrected chi connectivity index (χ3v) is 4.83. The molecule has 3 nitrogen and oxygen atoms in total. The predicted molar refractivity (Wildman–Crippen MR) is 84.7 cm³/mol. The Kier molecular flexibility index (Phi) is 5.02. The molecule has 0 aliphatic rings. The summed E-state index contributed by atoms with van der Waals surface area (Å²) in [6.45, 7) is 4.56. The minimum Gasteiger partial charge on any atom is -0.396 e. The molecule has 0 aliphatic carbocycles. The highest BCUT2D eigenvalue weighted by molar-refractivity contribution is 7.21. The van der Waals surface area contributed by atoms with Gasteiger partial charge in [0.1, 0.15) is 4.88 Å². The molecule has 5 heteroatoms. The van der Waals surface area contributed by atoms with Crippen LogP contribution in [-0.4, -0.2) is 35.1 Å². The summed E-state index contributed by atoms with van der Waals surface area (Å²) < 4.78 is 1.02. The Morgan fingerprint density at radius 1 is 1.40 bits per heavy atom. The topological polar surface area (TPSA) is 40.5 Å². The maximum absolute atomic E-state index is 12.7. The van der Waals surface area contributed by atoms with E-state index < -0.39 is 0 Å². The maximum Gasteiger partial charge on any atom is 0.265 e. The Balaban J connectivity index is 2.36. The molecule has 0 radical (unpaired) electrons. The van der Waals surface area contributed by atoms with Crippen molar-refractivity contribution in [3.8, 4) is 0 Å². The number of hydrogen-bond acceptors (Lipinski definition) is 3. The quantitative estimate of drug-likeness (QED) is 0.912. The van der Waals surface area contributed by atoms with E-state index >= 15 is 0 Å². The summed E-state index contributed by atoms with van der Waals surface area (Å²) >= 11 is 7.77. The van der Waals surface area contributed by atoms with Crippen LogP contribution in [0.25, 0.3) is 10.1 Å². The van der Waals surface area contributed by atoms with Crippen LogP contribution in [-0.2, 0) is 0 Å². The van der Waals surface area contributed by atoms with Gasteiger partial charge in [-0.1, -0.05) is 29.8 Å². The van der Waals surface area contributed by atoms with E-state index in [4.69, 9.17) is 16.7 Å². The molecule has 0 saturated heterocycles. The number of hydrogen-bond donors (Lipinski definition) is 1. The van der Waals surface area contributed by atoms with E-state index in [0.29, 0.717) is 22.9 Å². The second-order valence-corrected chi connectivity index (χ2v) is 6.34. The van der Waals surface area contributed by atoms with Crippen molar-refractivity contribution >= 4 is 38.9 Å². The summed E-state index contributed by atoms with van der Waals surface area (Å²) in [4.78, 5) is 15.0. The van der Waals surface area contributed by atoms with Crippen LogP contribution >= 0.6 is 22.9 Å². The van der Waals surface area contributed by atoms with Gasteiger partial charge < -0.3 is 10.0 Å². The lowest BCUT2D eigenvalue weighted by atomic mass is 10.2. The third-order valence-electron chi connectivity index (χ3n) is 3.17. The van der Waals surface area contributed by atoms with E-state index in [2.05, 4.69) is 0 Å². The van der Waals surface area contributed by atoms with Crippen molar-refractivity contribution in [3.05, 3.63) is 34.2 Å². The van der Waals surface area contributed by atoms with Crippen molar-refractivity contribution in [3.63, 3.8) is 0 Å². The van der Waals surface area contributed by atoms with Gasteiger partial charge in [0, 0.05) is 29.3 Å². The molecule has 0 fully saturated rings. The van der Waals surface area contributed by atoms with E-state index in [1.807, 2.05) is 38.1 Å². The summed E-state index contributed by atoms with van der Waals surface area (Å²) in [7, 11) is 0. The van der Waals surface area contributed by atoms with Crippen molar-refractivity contribution in [2.45, 2.75) is 26.3 Å². The first-order valence-corrected chi connectivity index (χ1v) is 7.84. The van der Waals surface area contributed by atoms with Crippen LogP contribution in [0.15, 0.2) is 24.3 Å². The van der Waals surface area contributed by atoms with Crippen LogP contribution in [0.1, 0.15) is 29.9 Å². The fourth-order valence-electron chi connectivity index (χ4n) is 2.12. The summed E-state index contributed by atoms with van der Waals surface area (Å²) in [5, 5.41) is 10.4. The standard InChI is InChI=1S/C15H18ClNO2S/c1-10(2)17(8-5-9-18)15(19)14-13(16)11-6-3-4-7-12(11)20-14/h3-4,6-7,10,18H,5,8-9H2,1-2H3. The summed E-state index contributed by atoms with van der Waals surface area (Å²) in [6, 6.07) is 7.83.